The van der Waals surface area contributed by atoms with Crippen molar-refractivity contribution < 1.29 is 14.7 Å². The van der Waals surface area contributed by atoms with Gasteiger partial charge in [-0.05, 0) is 43.7 Å². The molecule has 0 spiro atoms. The van der Waals surface area contributed by atoms with Crippen molar-refractivity contribution in [3.63, 3.8) is 0 Å². The van der Waals surface area contributed by atoms with Gasteiger partial charge in [0.2, 0.25) is 11.8 Å². The molecule has 0 unspecified atom stereocenters. The van der Waals surface area contributed by atoms with Gasteiger partial charge in [0.05, 0.1) is 12.1 Å². The number of aliphatic hydroxyl groups excluding tert-OH is 1. The first-order valence-corrected chi connectivity index (χ1v) is 10.2. The molecule has 0 radical (unpaired) electrons. The van der Waals surface area contributed by atoms with E-state index in [1.165, 1.54) is 0 Å². The molecule has 0 aromatic carbocycles. The summed E-state index contributed by atoms with van der Waals surface area (Å²) in [6.45, 7) is 0.584. The van der Waals surface area contributed by atoms with Crippen molar-refractivity contribution in [2.24, 2.45) is 5.92 Å². The lowest BCUT2D eigenvalue weighted by atomic mass is 9.83. The van der Waals surface area contributed by atoms with Crippen LogP contribution in [-0.2, 0) is 22.4 Å². The van der Waals surface area contributed by atoms with E-state index in [4.69, 9.17) is 0 Å². The van der Waals surface area contributed by atoms with Gasteiger partial charge in [-0.15, -0.1) is 0 Å². The Labute approximate surface area is 170 Å². The second-order valence-electron chi connectivity index (χ2n) is 7.54. The fourth-order valence-corrected chi connectivity index (χ4v) is 3.68. The van der Waals surface area contributed by atoms with Crippen LogP contribution in [0.5, 0.6) is 0 Å². The summed E-state index contributed by atoms with van der Waals surface area (Å²) >= 11 is 0. The van der Waals surface area contributed by atoms with Gasteiger partial charge < -0.3 is 20.7 Å². The van der Waals surface area contributed by atoms with Crippen LogP contribution in [0.4, 0.5) is 0 Å². The van der Waals surface area contributed by atoms with E-state index in [0.29, 0.717) is 38.6 Å². The molecule has 2 heterocycles. The van der Waals surface area contributed by atoms with Crippen molar-refractivity contribution in [3.05, 3.63) is 48.3 Å². The minimum atomic E-state index is -0.704. The number of nitrogens with one attached hydrogen (secondary N) is 3. The number of amides is 2. The third-order valence-electron chi connectivity index (χ3n) is 5.34. The molecule has 1 saturated carbocycles. The van der Waals surface area contributed by atoms with Crippen LogP contribution in [0, 0.1) is 5.92 Å². The normalized spacial score (nSPS) is 21.5. The maximum atomic E-state index is 12.4. The average Bonchev–Trinajstić information content (AvgIpc) is 3.25. The first kappa shape index (κ1) is 21.0. The quantitative estimate of drug-likeness (QED) is 0.471. The van der Waals surface area contributed by atoms with E-state index in [1.807, 2.05) is 12.1 Å². The highest BCUT2D eigenvalue weighted by Gasteiger charge is 2.33. The molecule has 1 fully saturated rings. The molecule has 0 bridgehead atoms. The molecule has 156 valence electrons. The Morgan fingerprint density at radius 1 is 1.24 bits per heavy atom. The summed E-state index contributed by atoms with van der Waals surface area (Å²) in [5, 5.41) is 16.3. The summed E-state index contributed by atoms with van der Waals surface area (Å²) in [5.41, 5.74) is 1.01. The number of rotatable bonds is 9. The average molecular weight is 399 g/mol. The van der Waals surface area contributed by atoms with E-state index in [2.05, 4.69) is 25.6 Å². The zero-order valence-electron chi connectivity index (χ0n) is 16.5. The van der Waals surface area contributed by atoms with E-state index < -0.39 is 6.10 Å². The topological polar surface area (TPSA) is 120 Å². The second kappa shape index (κ2) is 10.7. The Kier molecular flexibility index (Phi) is 7.75. The summed E-state index contributed by atoms with van der Waals surface area (Å²) < 4.78 is 0. The molecule has 8 nitrogen and oxygen atoms in total. The Morgan fingerprint density at radius 3 is 2.86 bits per heavy atom. The number of imidazole rings is 1. The van der Waals surface area contributed by atoms with Crippen molar-refractivity contribution in [2.45, 2.75) is 57.1 Å². The maximum absolute atomic E-state index is 12.4. The molecule has 29 heavy (non-hydrogen) atoms. The fraction of sp³-hybridized carbons (Fsp3) is 0.524. The van der Waals surface area contributed by atoms with Crippen LogP contribution in [0.3, 0.4) is 0 Å². The van der Waals surface area contributed by atoms with Crippen LogP contribution in [0.2, 0.25) is 0 Å². The van der Waals surface area contributed by atoms with Crippen molar-refractivity contribution in [1.29, 1.82) is 0 Å². The maximum Gasteiger partial charge on any atom is 0.223 e. The Bertz CT molecular complexity index is 766. The largest absolute Gasteiger partial charge is 0.391 e. The molecule has 3 atom stereocenters. The van der Waals surface area contributed by atoms with Crippen molar-refractivity contribution in [3.8, 4) is 0 Å². The third kappa shape index (κ3) is 6.67. The number of H-pyrrole nitrogens is 1. The predicted molar refractivity (Wildman–Crippen MR) is 108 cm³/mol. The van der Waals surface area contributed by atoms with Crippen LogP contribution < -0.4 is 10.6 Å². The fourth-order valence-electron chi connectivity index (χ4n) is 3.68. The Balaban J connectivity index is 1.33. The third-order valence-corrected chi connectivity index (χ3v) is 5.34. The van der Waals surface area contributed by atoms with Crippen LogP contribution in [0.25, 0.3) is 0 Å². The van der Waals surface area contributed by atoms with E-state index in [9.17, 15) is 14.7 Å². The lowest BCUT2D eigenvalue weighted by Crippen LogP contribution is -2.49. The molecular formula is C21H29N5O3. The predicted octanol–water partition coefficient (Wildman–Crippen LogP) is 1.13. The summed E-state index contributed by atoms with van der Waals surface area (Å²) in [6.07, 6.45) is 10.4. The molecule has 0 saturated heterocycles. The molecule has 1 aliphatic rings. The minimum Gasteiger partial charge on any atom is -0.391 e. The highest BCUT2D eigenvalue weighted by atomic mass is 16.3. The number of carbonyl (C=O) groups excluding carboxylic acids is 2. The van der Waals surface area contributed by atoms with Gasteiger partial charge in [0.15, 0.2) is 0 Å². The van der Waals surface area contributed by atoms with Crippen LogP contribution in [-0.4, -0.2) is 50.6 Å². The van der Waals surface area contributed by atoms with Crippen molar-refractivity contribution >= 4 is 11.8 Å². The van der Waals surface area contributed by atoms with Crippen LogP contribution in [0.1, 0.15) is 43.5 Å². The monoisotopic (exact) mass is 399 g/mol. The van der Waals surface area contributed by atoms with Gasteiger partial charge in [-0.1, -0.05) is 6.07 Å². The smallest absolute Gasteiger partial charge is 0.223 e. The molecule has 2 aromatic rings. The highest BCUT2D eigenvalue weighted by molar-refractivity contribution is 5.79. The number of aliphatic hydroxyl groups is 1. The zero-order chi connectivity index (χ0) is 20.5. The van der Waals surface area contributed by atoms with E-state index >= 15 is 0 Å². The number of pyridine rings is 1. The Hall–Kier alpha value is -2.74. The summed E-state index contributed by atoms with van der Waals surface area (Å²) in [6, 6.07) is 3.49. The first-order chi connectivity index (χ1) is 14.1. The van der Waals surface area contributed by atoms with Crippen LogP contribution in [0.15, 0.2) is 36.9 Å². The lowest BCUT2D eigenvalue weighted by Gasteiger charge is -2.33. The van der Waals surface area contributed by atoms with Crippen LogP contribution >= 0.6 is 0 Å². The molecule has 0 aliphatic heterocycles. The molecule has 1 aliphatic carbocycles. The number of carbonyl (C=O) groups is 2. The molecule has 2 aromatic heterocycles. The number of hydrogen-bond donors (Lipinski definition) is 4. The summed E-state index contributed by atoms with van der Waals surface area (Å²) in [4.78, 5) is 35.8. The molecule has 8 heteroatoms. The van der Waals surface area contributed by atoms with E-state index in [0.717, 1.165) is 24.2 Å². The molecule has 4 N–H and O–H groups in total. The summed E-state index contributed by atoms with van der Waals surface area (Å²) in [5.74, 6) is 0.593. The van der Waals surface area contributed by atoms with Crippen molar-refractivity contribution in [2.75, 3.05) is 6.54 Å². The number of hydrogen-bond acceptors (Lipinski definition) is 5. The highest BCUT2D eigenvalue weighted by Crippen LogP contribution is 2.25. The zero-order valence-corrected chi connectivity index (χ0v) is 16.5. The van der Waals surface area contributed by atoms with Gasteiger partial charge in [-0.2, -0.15) is 0 Å². The standard InChI is InChI=1S/C21H29N5O3/c27-18-13-16(21(29)25-10-2-4-19-23-11-12-24-19)6-7-17(18)26-20(28)8-5-15-3-1-9-22-14-15/h1,3,9,11-12,14,16-18,27H,2,4-8,10,13H2,(H,23,24)(H,25,29)(H,26,28)/t16-,17-,18-/m0/s1. The number of aryl methyl sites for hydroxylation is 2. The lowest BCUT2D eigenvalue weighted by molar-refractivity contribution is -0.128. The number of aromatic amines is 1. The van der Waals surface area contributed by atoms with E-state index in [1.54, 1.807) is 24.8 Å². The molecular weight excluding hydrogens is 370 g/mol. The summed E-state index contributed by atoms with van der Waals surface area (Å²) in [7, 11) is 0. The molecule has 2 amide bonds. The van der Waals surface area contributed by atoms with Gasteiger partial charge >= 0.3 is 0 Å². The van der Waals surface area contributed by atoms with E-state index in [-0.39, 0.29) is 23.8 Å². The Morgan fingerprint density at radius 2 is 2.14 bits per heavy atom. The minimum absolute atomic E-state index is 0.0233. The van der Waals surface area contributed by atoms with Crippen molar-refractivity contribution in [1.82, 2.24) is 25.6 Å². The first-order valence-electron chi connectivity index (χ1n) is 10.2. The SMILES string of the molecule is O=C(CCc1cccnc1)N[C@H]1CC[C@H](C(=O)NCCCc2ncc[nH]2)C[C@@H]1O. The number of nitrogens with zero attached hydrogens (tertiary/aromatic N) is 2. The van der Waals surface area contributed by atoms with Gasteiger partial charge in [0, 0.05) is 50.1 Å². The molecule has 3 rings (SSSR count). The van der Waals surface area contributed by atoms with Gasteiger partial charge in [0.1, 0.15) is 5.82 Å². The second-order valence-corrected chi connectivity index (χ2v) is 7.54. The van der Waals surface area contributed by atoms with Gasteiger partial charge in [-0.3, -0.25) is 14.6 Å². The van der Waals surface area contributed by atoms with Gasteiger partial charge in [-0.25, -0.2) is 4.98 Å². The number of aromatic nitrogens is 3. The van der Waals surface area contributed by atoms with Gasteiger partial charge in [0.25, 0.3) is 0 Å².